The minimum absolute atomic E-state index is 0.0524. The van der Waals surface area contributed by atoms with Gasteiger partial charge in [-0.1, -0.05) is 44.4 Å². The first-order valence-electron chi connectivity index (χ1n) is 11.4. The van der Waals surface area contributed by atoms with Crippen molar-refractivity contribution < 1.29 is 9.53 Å². The molecule has 0 radical (unpaired) electrons. The fraction of sp³-hybridized carbons (Fsp3) is 0.720. The van der Waals surface area contributed by atoms with Crippen molar-refractivity contribution in [1.82, 2.24) is 4.90 Å². The molecule has 1 aromatic carbocycles. The second-order valence-electron chi connectivity index (χ2n) is 9.83. The number of nitrogens with zero attached hydrogens (tertiary/aromatic N) is 1. The molecule has 156 valence electrons. The van der Waals surface area contributed by atoms with E-state index in [1.165, 1.54) is 68.1 Å². The zero-order valence-electron chi connectivity index (χ0n) is 18.4. The highest BCUT2D eigenvalue weighted by atomic mass is 16.6. The van der Waals surface area contributed by atoms with Crippen LogP contribution in [0.4, 0.5) is 0 Å². The van der Waals surface area contributed by atoms with Crippen LogP contribution >= 0.6 is 0 Å². The molecule has 0 N–H and O–H groups in total. The van der Waals surface area contributed by atoms with Crippen LogP contribution < -0.4 is 0 Å². The molecule has 1 aromatic rings. The number of aryl methyl sites for hydroxylation is 2. The van der Waals surface area contributed by atoms with E-state index in [-0.39, 0.29) is 12.0 Å². The van der Waals surface area contributed by atoms with Crippen LogP contribution in [0, 0.1) is 5.92 Å². The van der Waals surface area contributed by atoms with Gasteiger partial charge in [0.1, 0.15) is 11.6 Å². The number of carbonyl (C=O) groups excluding carboxylic acids is 1. The first-order chi connectivity index (χ1) is 13.4. The Hall–Kier alpha value is -1.35. The molecule has 1 saturated heterocycles. The molecule has 0 bridgehead atoms. The smallest absolute Gasteiger partial charge is 0.324 e. The van der Waals surface area contributed by atoms with Crippen molar-refractivity contribution in [2.45, 2.75) is 97.1 Å². The van der Waals surface area contributed by atoms with E-state index < -0.39 is 5.60 Å². The maximum absolute atomic E-state index is 13.2. The lowest BCUT2D eigenvalue weighted by molar-refractivity contribution is -0.162. The Balaban J connectivity index is 1.82. The molecule has 1 heterocycles. The second kappa shape index (κ2) is 9.43. The molecule has 3 nitrogen and oxygen atoms in total. The van der Waals surface area contributed by atoms with E-state index in [1.807, 2.05) is 20.8 Å². The Morgan fingerprint density at radius 3 is 2.68 bits per heavy atom. The fourth-order valence-electron chi connectivity index (χ4n) is 4.76. The highest BCUT2D eigenvalue weighted by molar-refractivity contribution is 5.76. The zero-order chi connectivity index (χ0) is 20.1. The van der Waals surface area contributed by atoms with E-state index in [1.54, 1.807) is 0 Å². The van der Waals surface area contributed by atoms with Gasteiger partial charge in [-0.25, -0.2) is 0 Å². The summed E-state index contributed by atoms with van der Waals surface area (Å²) in [6.07, 6.45) is 10.7. The van der Waals surface area contributed by atoms with Crippen molar-refractivity contribution in [3.05, 3.63) is 34.9 Å². The predicted molar refractivity (Wildman–Crippen MR) is 116 cm³/mol. The van der Waals surface area contributed by atoms with E-state index in [0.717, 1.165) is 19.5 Å². The summed E-state index contributed by atoms with van der Waals surface area (Å²) in [6, 6.07) is 6.70. The molecule has 28 heavy (non-hydrogen) atoms. The number of fused-ring (bicyclic) bond motifs is 1. The Morgan fingerprint density at radius 1 is 1.14 bits per heavy atom. The summed E-state index contributed by atoms with van der Waals surface area (Å²) in [7, 11) is 0. The van der Waals surface area contributed by atoms with Crippen molar-refractivity contribution in [2.75, 3.05) is 13.1 Å². The van der Waals surface area contributed by atoms with Crippen molar-refractivity contribution in [2.24, 2.45) is 5.92 Å². The average Bonchev–Trinajstić information content (AvgIpc) is 3.06. The van der Waals surface area contributed by atoms with Gasteiger partial charge in [0.15, 0.2) is 0 Å². The first kappa shape index (κ1) is 21.4. The second-order valence-corrected chi connectivity index (χ2v) is 9.83. The predicted octanol–water partition coefficient (Wildman–Crippen LogP) is 5.33. The summed E-state index contributed by atoms with van der Waals surface area (Å²) in [6.45, 7) is 10.2. The maximum atomic E-state index is 13.2. The molecule has 0 unspecified atom stereocenters. The molecule has 2 aliphatic rings. The number of hydrogen-bond donors (Lipinski definition) is 0. The van der Waals surface area contributed by atoms with Gasteiger partial charge < -0.3 is 4.74 Å². The van der Waals surface area contributed by atoms with E-state index in [2.05, 4.69) is 30.0 Å². The summed E-state index contributed by atoms with van der Waals surface area (Å²) >= 11 is 0. The number of likely N-dealkylation sites (tertiary alicyclic amines) is 1. The highest BCUT2D eigenvalue weighted by Gasteiger charge is 2.32. The summed E-state index contributed by atoms with van der Waals surface area (Å²) < 4.78 is 5.88. The molecular weight excluding hydrogens is 346 g/mol. The molecule has 3 rings (SSSR count). The summed E-state index contributed by atoms with van der Waals surface area (Å²) in [5.74, 6) is 0.633. The normalized spacial score (nSPS) is 22.2. The maximum Gasteiger partial charge on any atom is 0.324 e. The third-order valence-electron chi connectivity index (χ3n) is 6.34. The van der Waals surface area contributed by atoms with Crippen LogP contribution in [0.5, 0.6) is 0 Å². The standard InChI is InChI=1S/C25H39NO2/c1-5-19-10-7-6-8-15-26(18-19)23(24(27)28-25(2,3)4)17-20-13-14-21-11-9-12-22(21)16-20/h13-14,16,19,23H,5-12,15,17-18H2,1-4H3/t19-,23+/m1/s1. The number of rotatable bonds is 5. The molecule has 1 aliphatic carbocycles. The lowest BCUT2D eigenvalue weighted by Crippen LogP contribution is -2.48. The number of esters is 1. The summed E-state index contributed by atoms with van der Waals surface area (Å²) in [4.78, 5) is 15.7. The minimum atomic E-state index is -0.444. The van der Waals surface area contributed by atoms with Crippen molar-refractivity contribution in [1.29, 1.82) is 0 Å². The van der Waals surface area contributed by atoms with Crippen LogP contribution in [-0.2, 0) is 28.8 Å². The first-order valence-corrected chi connectivity index (χ1v) is 11.4. The van der Waals surface area contributed by atoms with Crippen molar-refractivity contribution in [3.8, 4) is 0 Å². The molecule has 0 spiro atoms. The Labute approximate surface area is 171 Å². The molecule has 1 fully saturated rings. The van der Waals surface area contributed by atoms with Gasteiger partial charge in [0.2, 0.25) is 0 Å². The topological polar surface area (TPSA) is 29.5 Å². The van der Waals surface area contributed by atoms with Gasteiger partial charge >= 0.3 is 5.97 Å². The largest absolute Gasteiger partial charge is 0.459 e. The molecule has 1 aliphatic heterocycles. The molecule has 0 aromatic heterocycles. The van der Waals surface area contributed by atoms with Crippen molar-refractivity contribution >= 4 is 5.97 Å². The van der Waals surface area contributed by atoms with Crippen LogP contribution in [0.2, 0.25) is 0 Å². The fourth-order valence-corrected chi connectivity index (χ4v) is 4.76. The Kier molecular flexibility index (Phi) is 7.20. The Bertz CT molecular complexity index is 661. The summed E-state index contributed by atoms with van der Waals surface area (Å²) in [5.41, 5.74) is 3.82. The van der Waals surface area contributed by atoms with Crippen LogP contribution in [0.1, 0.15) is 82.9 Å². The lowest BCUT2D eigenvalue weighted by Gasteiger charge is -2.36. The number of ether oxygens (including phenoxy) is 1. The van der Waals surface area contributed by atoms with E-state index in [9.17, 15) is 4.79 Å². The van der Waals surface area contributed by atoms with Crippen LogP contribution in [-0.4, -0.2) is 35.6 Å². The lowest BCUT2D eigenvalue weighted by atomic mass is 9.93. The SMILES string of the molecule is CC[C@@H]1CCCCCN([C@@H](Cc2ccc3c(c2)CCC3)C(=O)OC(C)(C)C)C1. The van der Waals surface area contributed by atoms with E-state index in [0.29, 0.717) is 5.92 Å². The van der Waals surface area contributed by atoms with Gasteiger partial charge in [-0.05, 0) is 88.4 Å². The Morgan fingerprint density at radius 2 is 1.93 bits per heavy atom. The third-order valence-corrected chi connectivity index (χ3v) is 6.34. The molecule has 3 heteroatoms. The number of benzene rings is 1. The number of hydrogen-bond acceptors (Lipinski definition) is 3. The molecule has 2 atom stereocenters. The number of carbonyl (C=O) groups is 1. The summed E-state index contributed by atoms with van der Waals surface area (Å²) in [5, 5.41) is 0. The van der Waals surface area contributed by atoms with Gasteiger partial charge in [0.05, 0.1) is 0 Å². The highest BCUT2D eigenvalue weighted by Crippen LogP contribution is 2.26. The van der Waals surface area contributed by atoms with Crippen molar-refractivity contribution in [3.63, 3.8) is 0 Å². The van der Waals surface area contributed by atoms with Gasteiger partial charge in [-0.2, -0.15) is 0 Å². The van der Waals surface area contributed by atoms with Gasteiger partial charge in [0.25, 0.3) is 0 Å². The zero-order valence-corrected chi connectivity index (χ0v) is 18.4. The van der Waals surface area contributed by atoms with Gasteiger partial charge in [-0.3, -0.25) is 9.69 Å². The monoisotopic (exact) mass is 385 g/mol. The third kappa shape index (κ3) is 5.83. The van der Waals surface area contributed by atoms with Crippen LogP contribution in [0.15, 0.2) is 18.2 Å². The van der Waals surface area contributed by atoms with Crippen LogP contribution in [0.25, 0.3) is 0 Å². The molecule has 0 amide bonds. The van der Waals surface area contributed by atoms with Gasteiger partial charge in [-0.15, -0.1) is 0 Å². The quantitative estimate of drug-likeness (QED) is 0.642. The average molecular weight is 386 g/mol. The molecular formula is C25H39NO2. The van der Waals surface area contributed by atoms with Gasteiger partial charge in [0, 0.05) is 6.54 Å². The van der Waals surface area contributed by atoms with E-state index >= 15 is 0 Å². The van der Waals surface area contributed by atoms with Crippen LogP contribution in [0.3, 0.4) is 0 Å². The minimum Gasteiger partial charge on any atom is -0.459 e. The van der Waals surface area contributed by atoms with E-state index in [4.69, 9.17) is 4.74 Å². The molecule has 0 saturated carbocycles.